The normalized spacial score (nSPS) is 12.8. The largest absolute Gasteiger partial charge is 0.374 e. The van der Waals surface area contributed by atoms with E-state index in [0.29, 0.717) is 5.92 Å². The van der Waals surface area contributed by atoms with E-state index in [-0.39, 0.29) is 6.04 Å². The highest BCUT2D eigenvalue weighted by molar-refractivity contribution is 6.30. The van der Waals surface area contributed by atoms with Crippen LogP contribution in [0.25, 0.3) is 0 Å². The van der Waals surface area contributed by atoms with Gasteiger partial charge in [0.05, 0.1) is 0 Å². The molecule has 0 bridgehead atoms. The molecule has 0 radical (unpaired) electrons. The minimum absolute atomic E-state index is 0.221. The second-order valence-electron chi connectivity index (χ2n) is 5.75. The fourth-order valence-electron chi connectivity index (χ4n) is 2.06. The van der Waals surface area contributed by atoms with E-state index in [0.717, 1.165) is 24.4 Å². The Kier molecular flexibility index (Phi) is 6.67. The van der Waals surface area contributed by atoms with Crippen LogP contribution >= 0.6 is 11.6 Å². The molecular weight excluding hydrogens is 256 g/mol. The van der Waals surface area contributed by atoms with Gasteiger partial charge in [-0.15, -0.1) is 0 Å². The van der Waals surface area contributed by atoms with Crippen molar-refractivity contribution in [1.82, 2.24) is 0 Å². The van der Waals surface area contributed by atoms with E-state index in [1.54, 1.807) is 0 Å². The predicted octanol–water partition coefficient (Wildman–Crippen LogP) is 4.10. The quantitative estimate of drug-likeness (QED) is 0.816. The fourth-order valence-corrected chi connectivity index (χ4v) is 2.23. The fraction of sp³-hybridized carbons (Fsp3) is 0.625. The second-order valence-corrected chi connectivity index (χ2v) is 6.19. The van der Waals surface area contributed by atoms with Crippen molar-refractivity contribution in [2.24, 2.45) is 11.7 Å². The maximum absolute atomic E-state index is 6.14. The summed E-state index contributed by atoms with van der Waals surface area (Å²) in [5.41, 5.74) is 8.60. The molecule has 0 aliphatic carbocycles. The number of rotatable bonds is 7. The number of nitrogens with two attached hydrogens (primary N) is 1. The van der Waals surface area contributed by atoms with E-state index in [9.17, 15) is 0 Å². The first kappa shape index (κ1) is 16.3. The SMILES string of the molecule is CCC(N)Cc1ccc(Cl)cc1N(C)CCC(C)C. The molecule has 0 heterocycles. The molecule has 1 unspecified atom stereocenters. The van der Waals surface area contributed by atoms with Gasteiger partial charge in [0.15, 0.2) is 0 Å². The van der Waals surface area contributed by atoms with Crippen LogP contribution in [-0.4, -0.2) is 19.6 Å². The third-order valence-electron chi connectivity index (χ3n) is 3.51. The Labute approximate surface area is 122 Å². The molecule has 19 heavy (non-hydrogen) atoms. The Morgan fingerprint density at radius 3 is 2.58 bits per heavy atom. The van der Waals surface area contributed by atoms with E-state index >= 15 is 0 Å². The van der Waals surface area contributed by atoms with Gasteiger partial charge in [-0.3, -0.25) is 0 Å². The smallest absolute Gasteiger partial charge is 0.0426 e. The molecule has 1 aromatic carbocycles. The van der Waals surface area contributed by atoms with Crippen LogP contribution in [0.5, 0.6) is 0 Å². The molecule has 2 nitrogen and oxygen atoms in total. The minimum atomic E-state index is 0.221. The van der Waals surface area contributed by atoms with Gasteiger partial charge in [-0.1, -0.05) is 38.4 Å². The summed E-state index contributed by atoms with van der Waals surface area (Å²) in [6.07, 6.45) is 3.09. The zero-order chi connectivity index (χ0) is 14.4. The van der Waals surface area contributed by atoms with Gasteiger partial charge in [0, 0.05) is 30.3 Å². The molecular formula is C16H27ClN2. The molecule has 0 aliphatic heterocycles. The van der Waals surface area contributed by atoms with Crippen molar-refractivity contribution in [1.29, 1.82) is 0 Å². The first-order valence-corrected chi connectivity index (χ1v) is 7.57. The molecule has 0 aromatic heterocycles. The highest BCUT2D eigenvalue weighted by atomic mass is 35.5. The lowest BCUT2D eigenvalue weighted by molar-refractivity contribution is 0.583. The number of anilines is 1. The topological polar surface area (TPSA) is 29.3 Å². The Hall–Kier alpha value is -0.730. The molecule has 0 fully saturated rings. The summed E-state index contributed by atoms with van der Waals surface area (Å²) in [4.78, 5) is 2.30. The zero-order valence-electron chi connectivity index (χ0n) is 12.6. The van der Waals surface area contributed by atoms with Crippen LogP contribution in [0.15, 0.2) is 18.2 Å². The molecule has 0 saturated heterocycles. The van der Waals surface area contributed by atoms with Crippen LogP contribution in [0.2, 0.25) is 5.02 Å². The number of benzene rings is 1. The number of nitrogens with zero attached hydrogens (tertiary/aromatic N) is 1. The van der Waals surface area contributed by atoms with Gasteiger partial charge in [-0.2, -0.15) is 0 Å². The summed E-state index contributed by atoms with van der Waals surface area (Å²) >= 11 is 6.14. The predicted molar refractivity (Wildman–Crippen MR) is 86.1 cm³/mol. The number of hydrogen-bond acceptors (Lipinski definition) is 2. The third kappa shape index (κ3) is 5.42. The molecule has 1 atom stereocenters. The maximum atomic E-state index is 6.14. The van der Waals surface area contributed by atoms with Crippen molar-refractivity contribution in [3.8, 4) is 0 Å². The van der Waals surface area contributed by atoms with Gasteiger partial charge in [-0.25, -0.2) is 0 Å². The van der Waals surface area contributed by atoms with Crippen molar-refractivity contribution in [3.05, 3.63) is 28.8 Å². The van der Waals surface area contributed by atoms with Crippen molar-refractivity contribution in [2.75, 3.05) is 18.5 Å². The molecule has 1 aromatic rings. The highest BCUT2D eigenvalue weighted by Gasteiger charge is 2.11. The minimum Gasteiger partial charge on any atom is -0.374 e. The van der Waals surface area contributed by atoms with E-state index in [1.165, 1.54) is 17.7 Å². The molecule has 3 heteroatoms. The molecule has 2 N–H and O–H groups in total. The van der Waals surface area contributed by atoms with Gasteiger partial charge >= 0.3 is 0 Å². The van der Waals surface area contributed by atoms with Crippen molar-refractivity contribution >= 4 is 17.3 Å². The van der Waals surface area contributed by atoms with Gasteiger partial charge in [-0.05, 0) is 42.9 Å². The monoisotopic (exact) mass is 282 g/mol. The lowest BCUT2D eigenvalue weighted by Crippen LogP contribution is -2.25. The zero-order valence-corrected chi connectivity index (χ0v) is 13.4. The van der Waals surface area contributed by atoms with Crippen LogP contribution in [-0.2, 0) is 6.42 Å². The Balaban J connectivity index is 2.86. The van der Waals surface area contributed by atoms with E-state index in [2.05, 4.69) is 44.9 Å². The van der Waals surface area contributed by atoms with Gasteiger partial charge in [0.1, 0.15) is 0 Å². The van der Waals surface area contributed by atoms with E-state index in [1.807, 2.05) is 6.07 Å². The summed E-state index contributed by atoms with van der Waals surface area (Å²) in [7, 11) is 2.13. The molecule has 0 saturated carbocycles. The lowest BCUT2D eigenvalue weighted by atomic mass is 10.0. The average molecular weight is 283 g/mol. The first-order valence-electron chi connectivity index (χ1n) is 7.19. The summed E-state index contributed by atoms with van der Waals surface area (Å²) < 4.78 is 0. The van der Waals surface area contributed by atoms with Gasteiger partial charge in [0.25, 0.3) is 0 Å². The van der Waals surface area contributed by atoms with Crippen molar-refractivity contribution in [2.45, 2.75) is 46.1 Å². The van der Waals surface area contributed by atoms with E-state index in [4.69, 9.17) is 17.3 Å². The Bertz CT molecular complexity index is 390. The summed E-state index contributed by atoms with van der Waals surface area (Å²) in [5.74, 6) is 0.711. The third-order valence-corrected chi connectivity index (χ3v) is 3.74. The first-order chi connectivity index (χ1) is 8.93. The van der Waals surface area contributed by atoms with E-state index < -0.39 is 0 Å². The van der Waals surface area contributed by atoms with Crippen LogP contribution in [0.3, 0.4) is 0 Å². The van der Waals surface area contributed by atoms with Crippen LogP contribution in [0, 0.1) is 5.92 Å². The van der Waals surface area contributed by atoms with Gasteiger partial charge in [0.2, 0.25) is 0 Å². The summed E-state index contributed by atoms with van der Waals surface area (Å²) in [6.45, 7) is 7.68. The summed E-state index contributed by atoms with van der Waals surface area (Å²) in [6, 6.07) is 6.34. The summed E-state index contributed by atoms with van der Waals surface area (Å²) in [5, 5.41) is 0.792. The van der Waals surface area contributed by atoms with Crippen molar-refractivity contribution < 1.29 is 0 Å². The molecule has 0 spiro atoms. The second kappa shape index (κ2) is 7.76. The molecule has 0 aliphatic rings. The molecule has 1 rings (SSSR count). The number of hydrogen-bond donors (Lipinski definition) is 1. The average Bonchev–Trinajstić information content (AvgIpc) is 2.37. The molecule has 0 amide bonds. The van der Waals surface area contributed by atoms with Gasteiger partial charge < -0.3 is 10.6 Å². The van der Waals surface area contributed by atoms with Crippen molar-refractivity contribution in [3.63, 3.8) is 0 Å². The lowest BCUT2D eigenvalue weighted by Gasteiger charge is -2.24. The van der Waals surface area contributed by atoms with Crippen LogP contribution in [0.4, 0.5) is 5.69 Å². The molecule has 108 valence electrons. The Morgan fingerprint density at radius 2 is 2.00 bits per heavy atom. The maximum Gasteiger partial charge on any atom is 0.0426 e. The highest BCUT2D eigenvalue weighted by Crippen LogP contribution is 2.26. The number of halogens is 1. The standard InChI is InChI=1S/C16H27ClN2/c1-5-15(18)10-13-6-7-14(17)11-16(13)19(4)9-8-12(2)3/h6-7,11-12,15H,5,8-10,18H2,1-4H3. The van der Waals surface area contributed by atoms with Crippen LogP contribution in [0.1, 0.15) is 39.2 Å². The van der Waals surface area contributed by atoms with Crippen LogP contribution < -0.4 is 10.6 Å². The Morgan fingerprint density at radius 1 is 1.32 bits per heavy atom.